The molecule has 2 nitrogen and oxygen atoms in total. The molecule has 0 spiro atoms. The van der Waals surface area contributed by atoms with Crippen LogP contribution in [-0.2, 0) is 0 Å². The first-order valence-electron chi connectivity index (χ1n) is 7.64. The summed E-state index contributed by atoms with van der Waals surface area (Å²) in [5, 5.41) is 5.08. The Morgan fingerprint density at radius 3 is 2.46 bits per heavy atom. The van der Waals surface area contributed by atoms with E-state index >= 15 is 0 Å². The van der Waals surface area contributed by atoms with Gasteiger partial charge in [-0.3, -0.25) is 0 Å². The lowest BCUT2D eigenvalue weighted by molar-refractivity contribution is 1.59. The van der Waals surface area contributed by atoms with E-state index < -0.39 is 0 Å². The van der Waals surface area contributed by atoms with Crippen LogP contribution in [0, 0.1) is 0 Å². The smallest absolute Gasteiger partial charge is 0.119 e. The van der Waals surface area contributed by atoms with Crippen molar-refractivity contribution in [2.45, 2.75) is 0 Å². The molecule has 5 rings (SSSR count). The number of aromatic nitrogens is 2. The van der Waals surface area contributed by atoms with E-state index in [2.05, 4.69) is 85.3 Å². The van der Waals surface area contributed by atoms with E-state index in [1.54, 1.807) is 0 Å². The fourth-order valence-corrected chi connectivity index (χ4v) is 4.35. The van der Waals surface area contributed by atoms with Gasteiger partial charge in [0.05, 0.1) is 11.7 Å². The summed E-state index contributed by atoms with van der Waals surface area (Å²) in [5.41, 5.74) is 4.17. The van der Waals surface area contributed by atoms with Crippen LogP contribution in [0.15, 0.2) is 71.2 Å². The van der Waals surface area contributed by atoms with Crippen molar-refractivity contribution in [2.24, 2.45) is 0 Å². The second-order valence-electron chi connectivity index (χ2n) is 5.78. The molecule has 0 aliphatic rings. The Morgan fingerprint density at radius 1 is 0.708 bits per heavy atom. The van der Waals surface area contributed by atoms with Crippen molar-refractivity contribution in [3.63, 3.8) is 0 Å². The van der Waals surface area contributed by atoms with Gasteiger partial charge in [0.25, 0.3) is 0 Å². The van der Waals surface area contributed by atoms with Crippen molar-refractivity contribution >= 4 is 60.2 Å². The highest BCUT2D eigenvalue weighted by Gasteiger charge is 2.11. The van der Waals surface area contributed by atoms with Gasteiger partial charge in [0, 0.05) is 10.0 Å². The lowest BCUT2D eigenvalue weighted by Crippen LogP contribution is -1.84. The van der Waals surface area contributed by atoms with Crippen LogP contribution in [0.1, 0.15) is 0 Å². The lowest BCUT2D eigenvalue weighted by atomic mass is 9.97. The van der Waals surface area contributed by atoms with E-state index in [-0.39, 0.29) is 0 Å². The molecule has 0 saturated carbocycles. The summed E-state index contributed by atoms with van der Waals surface area (Å²) in [4.78, 5) is 0. The minimum absolute atomic E-state index is 0.927. The highest BCUT2D eigenvalue weighted by atomic mass is 79.9. The Kier molecular flexibility index (Phi) is 3.15. The number of rotatable bonds is 1. The van der Waals surface area contributed by atoms with Crippen molar-refractivity contribution in [3.8, 4) is 11.1 Å². The second kappa shape index (κ2) is 5.36. The van der Waals surface area contributed by atoms with Crippen LogP contribution in [0.4, 0.5) is 0 Å². The van der Waals surface area contributed by atoms with Gasteiger partial charge in [-0.05, 0) is 55.2 Å². The first-order valence-corrected chi connectivity index (χ1v) is 9.16. The molecular formula is C20H11BrN2S. The molecule has 0 bridgehead atoms. The van der Waals surface area contributed by atoms with Crippen LogP contribution in [0.2, 0.25) is 0 Å². The van der Waals surface area contributed by atoms with E-state index in [0.29, 0.717) is 0 Å². The van der Waals surface area contributed by atoms with Crippen LogP contribution in [0.3, 0.4) is 0 Å². The maximum absolute atomic E-state index is 4.49. The van der Waals surface area contributed by atoms with Gasteiger partial charge in [0.1, 0.15) is 11.0 Å². The molecule has 5 aromatic rings. The Balaban J connectivity index is 1.79. The number of fused-ring (bicyclic) bond motifs is 4. The fraction of sp³-hybridized carbons (Fsp3) is 0. The van der Waals surface area contributed by atoms with Crippen molar-refractivity contribution in [1.29, 1.82) is 0 Å². The fourth-order valence-electron chi connectivity index (χ4n) is 3.25. The van der Waals surface area contributed by atoms with E-state index in [1.807, 2.05) is 6.07 Å². The molecule has 4 aromatic carbocycles. The Hall–Kier alpha value is -2.30. The Labute approximate surface area is 151 Å². The van der Waals surface area contributed by atoms with Gasteiger partial charge in [-0.1, -0.05) is 54.6 Å². The number of halogens is 1. The summed E-state index contributed by atoms with van der Waals surface area (Å²) in [6.45, 7) is 0. The largest absolute Gasteiger partial charge is 0.172 e. The van der Waals surface area contributed by atoms with Gasteiger partial charge in [0.2, 0.25) is 0 Å². The molecule has 0 radical (unpaired) electrons. The zero-order valence-electron chi connectivity index (χ0n) is 12.5. The molecule has 114 valence electrons. The summed E-state index contributed by atoms with van der Waals surface area (Å²) in [6, 6.07) is 23.7. The third-order valence-electron chi connectivity index (χ3n) is 4.42. The van der Waals surface area contributed by atoms with Crippen molar-refractivity contribution in [2.75, 3.05) is 0 Å². The highest BCUT2D eigenvalue weighted by Crippen LogP contribution is 2.34. The summed E-state index contributed by atoms with van der Waals surface area (Å²) >= 11 is 4.81. The summed E-state index contributed by atoms with van der Waals surface area (Å²) in [5.74, 6) is 0. The van der Waals surface area contributed by atoms with Crippen LogP contribution in [0.5, 0.6) is 0 Å². The average Bonchev–Trinajstić information content (AvgIpc) is 3.12. The van der Waals surface area contributed by atoms with Crippen LogP contribution >= 0.6 is 27.7 Å². The normalized spacial score (nSPS) is 11.5. The minimum Gasteiger partial charge on any atom is -0.172 e. The molecule has 0 saturated heterocycles. The molecule has 24 heavy (non-hydrogen) atoms. The predicted octanol–water partition coefficient (Wildman–Crippen LogP) is 6.43. The Morgan fingerprint density at radius 2 is 1.50 bits per heavy atom. The molecule has 1 aromatic heterocycles. The van der Waals surface area contributed by atoms with Gasteiger partial charge < -0.3 is 0 Å². The van der Waals surface area contributed by atoms with E-state index in [4.69, 9.17) is 0 Å². The summed E-state index contributed by atoms with van der Waals surface area (Å²) in [6.07, 6.45) is 0. The molecule has 0 N–H and O–H groups in total. The Bertz CT molecular complexity index is 1230. The average molecular weight is 391 g/mol. The number of hydrogen-bond donors (Lipinski definition) is 0. The first kappa shape index (κ1) is 14.1. The maximum Gasteiger partial charge on any atom is 0.119 e. The zero-order valence-corrected chi connectivity index (χ0v) is 14.9. The maximum atomic E-state index is 4.49. The van der Waals surface area contributed by atoms with Gasteiger partial charge in [-0.15, -0.1) is 0 Å². The van der Waals surface area contributed by atoms with Gasteiger partial charge >= 0.3 is 0 Å². The van der Waals surface area contributed by atoms with Crippen molar-refractivity contribution in [1.82, 2.24) is 8.75 Å². The monoisotopic (exact) mass is 390 g/mol. The molecule has 0 fully saturated rings. The van der Waals surface area contributed by atoms with Crippen molar-refractivity contribution < 1.29 is 0 Å². The highest BCUT2D eigenvalue weighted by molar-refractivity contribution is 9.10. The number of hydrogen-bond acceptors (Lipinski definition) is 3. The van der Waals surface area contributed by atoms with E-state index in [0.717, 1.165) is 21.1 Å². The molecule has 0 aliphatic heterocycles. The molecular weight excluding hydrogens is 380 g/mol. The van der Waals surface area contributed by atoms with Crippen LogP contribution in [0.25, 0.3) is 43.7 Å². The van der Waals surface area contributed by atoms with Crippen LogP contribution in [-0.4, -0.2) is 8.75 Å². The molecule has 0 unspecified atom stereocenters. The molecule has 1 heterocycles. The van der Waals surface area contributed by atoms with Crippen molar-refractivity contribution in [3.05, 3.63) is 71.2 Å². The quantitative estimate of drug-likeness (QED) is 0.308. The molecule has 4 heteroatoms. The number of nitrogens with zero attached hydrogens (tertiary/aromatic N) is 2. The standard InChI is InChI=1S/C20H11BrN2S/c21-18-10-9-17(19-20(18)23-24-22-19)14-7-8-16-13(11-14)6-5-12-3-1-2-4-15(12)16/h1-11H. The van der Waals surface area contributed by atoms with Gasteiger partial charge in [-0.25, -0.2) is 0 Å². The number of benzene rings is 4. The summed E-state index contributed by atoms with van der Waals surface area (Å²) in [7, 11) is 0. The molecule has 0 amide bonds. The lowest BCUT2D eigenvalue weighted by Gasteiger charge is -2.08. The predicted molar refractivity (Wildman–Crippen MR) is 106 cm³/mol. The molecule has 0 atom stereocenters. The zero-order chi connectivity index (χ0) is 16.1. The third kappa shape index (κ3) is 2.07. The second-order valence-corrected chi connectivity index (χ2v) is 7.16. The summed E-state index contributed by atoms with van der Waals surface area (Å²) < 4.78 is 9.87. The van der Waals surface area contributed by atoms with E-state index in [9.17, 15) is 0 Å². The van der Waals surface area contributed by atoms with Gasteiger partial charge in [0.15, 0.2) is 0 Å². The first-order chi connectivity index (χ1) is 11.8. The van der Waals surface area contributed by atoms with E-state index in [1.165, 1.54) is 38.8 Å². The minimum atomic E-state index is 0.927. The third-order valence-corrected chi connectivity index (χ3v) is 5.59. The molecule has 0 aliphatic carbocycles. The van der Waals surface area contributed by atoms with Crippen LogP contribution < -0.4 is 0 Å². The SMILES string of the molecule is Brc1ccc(-c2ccc3c(ccc4ccccc43)c2)c2nsnc12. The van der Waals surface area contributed by atoms with Gasteiger partial charge in [-0.2, -0.15) is 8.75 Å². The topological polar surface area (TPSA) is 25.8 Å².